The van der Waals surface area contributed by atoms with Gasteiger partial charge in [0.15, 0.2) is 5.76 Å². The molecule has 0 amide bonds. The molecular formula is C15H19N3O. The van der Waals surface area contributed by atoms with Crippen LogP contribution in [0, 0.1) is 0 Å². The zero-order valence-electron chi connectivity index (χ0n) is 11.0. The van der Waals surface area contributed by atoms with Crippen molar-refractivity contribution in [1.82, 2.24) is 10.1 Å². The lowest BCUT2D eigenvalue weighted by atomic mass is 10.1. The number of nitrogens with two attached hydrogens (primary N) is 1. The molecule has 1 fully saturated rings. The van der Waals surface area contributed by atoms with Gasteiger partial charge < -0.3 is 10.3 Å². The maximum atomic E-state index is 5.91. The van der Waals surface area contributed by atoms with E-state index >= 15 is 0 Å². The minimum absolute atomic E-state index is 0.369. The maximum Gasteiger partial charge on any atom is 0.167 e. The summed E-state index contributed by atoms with van der Waals surface area (Å²) in [4.78, 5) is 2.38. The molecule has 0 radical (unpaired) electrons. The number of rotatable bonds is 3. The summed E-state index contributed by atoms with van der Waals surface area (Å²) in [7, 11) is 0. The molecule has 4 nitrogen and oxygen atoms in total. The summed E-state index contributed by atoms with van der Waals surface area (Å²) >= 11 is 0. The summed E-state index contributed by atoms with van der Waals surface area (Å²) in [5, 5.41) is 4.16. The quantitative estimate of drug-likeness (QED) is 0.916. The summed E-state index contributed by atoms with van der Waals surface area (Å²) in [5.74, 6) is 0.837. The molecule has 1 aromatic carbocycles. The van der Waals surface area contributed by atoms with Crippen molar-refractivity contribution in [2.45, 2.75) is 25.4 Å². The fourth-order valence-electron chi connectivity index (χ4n) is 2.46. The Hall–Kier alpha value is -1.65. The molecule has 1 aromatic heterocycles. The van der Waals surface area contributed by atoms with E-state index in [1.54, 1.807) is 0 Å². The lowest BCUT2D eigenvalue weighted by molar-refractivity contribution is 0.200. The van der Waals surface area contributed by atoms with Gasteiger partial charge in [-0.05, 0) is 12.8 Å². The predicted octanol–water partition coefficient (Wildman–Crippen LogP) is 2.26. The highest BCUT2D eigenvalue weighted by molar-refractivity contribution is 5.56. The second kappa shape index (κ2) is 5.55. The molecule has 0 saturated carbocycles. The number of aromatic nitrogens is 1. The van der Waals surface area contributed by atoms with Crippen molar-refractivity contribution in [3.05, 3.63) is 42.1 Å². The van der Waals surface area contributed by atoms with Crippen LogP contribution in [0.5, 0.6) is 0 Å². The van der Waals surface area contributed by atoms with Crippen LogP contribution >= 0.6 is 0 Å². The zero-order chi connectivity index (χ0) is 13.1. The fraction of sp³-hybridized carbons (Fsp3) is 0.400. The fourth-order valence-corrected chi connectivity index (χ4v) is 2.46. The van der Waals surface area contributed by atoms with E-state index in [4.69, 9.17) is 10.3 Å². The standard InChI is InChI=1S/C15H19N3O/c16-13-6-8-18(9-7-13)11-14-10-15(19-17-14)12-4-2-1-3-5-12/h1-5,10,13H,6-9,11,16H2. The Labute approximate surface area is 113 Å². The Morgan fingerprint density at radius 1 is 1.21 bits per heavy atom. The molecule has 0 unspecified atom stereocenters. The molecule has 1 aliphatic heterocycles. The van der Waals surface area contributed by atoms with Crippen LogP contribution in [0.1, 0.15) is 18.5 Å². The molecule has 2 N–H and O–H groups in total. The number of hydrogen-bond donors (Lipinski definition) is 1. The molecule has 0 atom stereocenters. The normalized spacial score (nSPS) is 17.7. The molecule has 4 heteroatoms. The van der Waals surface area contributed by atoms with Crippen molar-refractivity contribution in [3.8, 4) is 11.3 Å². The molecule has 0 spiro atoms. The predicted molar refractivity (Wildman–Crippen MR) is 74.4 cm³/mol. The first-order valence-corrected chi connectivity index (χ1v) is 6.80. The van der Waals surface area contributed by atoms with Crippen molar-refractivity contribution in [2.24, 2.45) is 5.73 Å². The zero-order valence-corrected chi connectivity index (χ0v) is 11.0. The molecular weight excluding hydrogens is 238 g/mol. The van der Waals surface area contributed by atoms with Crippen LogP contribution in [0.2, 0.25) is 0 Å². The van der Waals surface area contributed by atoms with Crippen LogP contribution in [-0.2, 0) is 6.54 Å². The molecule has 3 rings (SSSR count). The number of benzene rings is 1. The monoisotopic (exact) mass is 257 g/mol. The second-order valence-corrected chi connectivity index (χ2v) is 5.16. The topological polar surface area (TPSA) is 55.3 Å². The molecule has 1 saturated heterocycles. The van der Waals surface area contributed by atoms with Crippen LogP contribution in [0.15, 0.2) is 40.9 Å². The van der Waals surface area contributed by atoms with Crippen molar-refractivity contribution < 1.29 is 4.52 Å². The number of nitrogens with zero attached hydrogens (tertiary/aromatic N) is 2. The van der Waals surface area contributed by atoms with Crippen molar-refractivity contribution in [3.63, 3.8) is 0 Å². The first-order valence-electron chi connectivity index (χ1n) is 6.80. The Morgan fingerprint density at radius 2 is 1.95 bits per heavy atom. The highest BCUT2D eigenvalue weighted by Gasteiger charge is 2.17. The van der Waals surface area contributed by atoms with Crippen LogP contribution in [-0.4, -0.2) is 29.2 Å². The van der Waals surface area contributed by atoms with Gasteiger partial charge in [0.05, 0.1) is 5.69 Å². The van der Waals surface area contributed by atoms with Crippen molar-refractivity contribution >= 4 is 0 Å². The van der Waals surface area contributed by atoms with E-state index in [0.717, 1.165) is 49.5 Å². The highest BCUT2D eigenvalue weighted by Crippen LogP contribution is 2.21. The van der Waals surface area contributed by atoms with Crippen LogP contribution in [0.25, 0.3) is 11.3 Å². The molecule has 1 aliphatic rings. The average molecular weight is 257 g/mol. The largest absolute Gasteiger partial charge is 0.356 e. The van der Waals surface area contributed by atoms with Gasteiger partial charge in [0.2, 0.25) is 0 Å². The third kappa shape index (κ3) is 3.03. The number of hydrogen-bond acceptors (Lipinski definition) is 4. The lowest BCUT2D eigenvalue weighted by Gasteiger charge is -2.29. The van der Waals surface area contributed by atoms with Gasteiger partial charge in [-0.3, -0.25) is 4.90 Å². The van der Waals surface area contributed by atoms with Gasteiger partial charge in [-0.2, -0.15) is 0 Å². The molecule has 2 aromatic rings. The number of likely N-dealkylation sites (tertiary alicyclic amines) is 1. The van der Waals surface area contributed by atoms with Crippen LogP contribution in [0.4, 0.5) is 0 Å². The van der Waals surface area contributed by atoms with E-state index in [1.165, 1.54) is 0 Å². The lowest BCUT2D eigenvalue weighted by Crippen LogP contribution is -2.39. The van der Waals surface area contributed by atoms with Gasteiger partial charge in [-0.25, -0.2) is 0 Å². The van der Waals surface area contributed by atoms with Gasteiger partial charge >= 0.3 is 0 Å². The van der Waals surface area contributed by atoms with Gasteiger partial charge in [0, 0.05) is 37.3 Å². The summed E-state index contributed by atoms with van der Waals surface area (Å²) in [5.41, 5.74) is 7.98. The van der Waals surface area contributed by atoms with Gasteiger partial charge in [-0.1, -0.05) is 35.5 Å². The SMILES string of the molecule is NC1CCN(Cc2cc(-c3ccccc3)on2)CC1. The molecule has 19 heavy (non-hydrogen) atoms. The van der Waals surface area contributed by atoms with Crippen molar-refractivity contribution in [1.29, 1.82) is 0 Å². The van der Waals surface area contributed by atoms with E-state index in [0.29, 0.717) is 6.04 Å². The van der Waals surface area contributed by atoms with Crippen molar-refractivity contribution in [2.75, 3.05) is 13.1 Å². The summed E-state index contributed by atoms with van der Waals surface area (Å²) in [6.07, 6.45) is 2.15. The second-order valence-electron chi connectivity index (χ2n) is 5.16. The third-order valence-electron chi connectivity index (χ3n) is 3.64. The summed E-state index contributed by atoms with van der Waals surface area (Å²) < 4.78 is 5.41. The van der Waals surface area contributed by atoms with E-state index in [2.05, 4.69) is 10.1 Å². The minimum Gasteiger partial charge on any atom is -0.356 e. The van der Waals surface area contributed by atoms with Gasteiger partial charge in [0.1, 0.15) is 0 Å². The van der Waals surface area contributed by atoms with Crippen LogP contribution < -0.4 is 5.73 Å². The summed E-state index contributed by atoms with van der Waals surface area (Å²) in [6.45, 7) is 2.95. The van der Waals surface area contributed by atoms with E-state index < -0.39 is 0 Å². The molecule has 2 heterocycles. The first-order chi connectivity index (χ1) is 9.31. The first kappa shape index (κ1) is 12.4. The van der Waals surface area contributed by atoms with E-state index in [1.807, 2.05) is 36.4 Å². The Bertz CT molecular complexity index is 515. The smallest absolute Gasteiger partial charge is 0.167 e. The molecule has 100 valence electrons. The number of piperidine rings is 1. The van der Waals surface area contributed by atoms with Gasteiger partial charge in [-0.15, -0.1) is 0 Å². The highest BCUT2D eigenvalue weighted by atomic mass is 16.5. The van der Waals surface area contributed by atoms with Crippen LogP contribution in [0.3, 0.4) is 0 Å². The van der Waals surface area contributed by atoms with Gasteiger partial charge in [0.25, 0.3) is 0 Å². The van der Waals surface area contributed by atoms with E-state index in [-0.39, 0.29) is 0 Å². The Morgan fingerprint density at radius 3 is 2.68 bits per heavy atom. The Kier molecular flexibility index (Phi) is 3.62. The molecule has 0 bridgehead atoms. The Balaban J connectivity index is 1.65. The third-order valence-corrected chi connectivity index (χ3v) is 3.64. The van der Waals surface area contributed by atoms with E-state index in [9.17, 15) is 0 Å². The minimum atomic E-state index is 0.369. The maximum absolute atomic E-state index is 5.91. The summed E-state index contributed by atoms with van der Waals surface area (Å²) in [6, 6.07) is 12.5. The molecule has 0 aliphatic carbocycles. The average Bonchev–Trinajstić information content (AvgIpc) is 2.91.